The molecule has 3 rings (SSSR count). The van der Waals surface area contributed by atoms with Crippen molar-refractivity contribution in [1.29, 1.82) is 0 Å². The molecule has 6 nitrogen and oxygen atoms in total. The molecule has 0 radical (unpaired) electrons. The molecule has 4 N–H and O–H groups in total. The Hall–Kier alpha value is -1.14. The minimum Gasteiger partial charge on any atom is -0.388 e. The van der Waals surface area contributed by atoms with E-state index in [1.165, 1.54) is 0 Å². The van der Waals surface area contributed by atoms with Gasteiger partial charge in [0.15, 0.2) is 0 Å². The van der Waals surface area contributed by atoms with Crippen LogP contribution in [0.4, 0.5) is 0 Å². The molecule has 0 aliphatic heterocycles. The van der Waals surface area contributed by atoms with E-state index < -0.39 is 45.4 Å². The summed E-state index contributed by atoms with van der Waals surface area (Å²) in [5.74, 6) is -0.889. The number of rotatable bonds is 6. The van der Waals surface area contributed by atoms with Gasteiger partial charge in [-0.15, -0.1) is 0 Å². The van der Waals surface area contributed by atoms with Crippen molar-refractivity contribution in [3.8, 4) is 0 Å². The van der Waals surface area contributed by atoms with Gasteiger partial charge in [-0.3, -0.25) is 9.59 Å². The SMILES string of the molecule is CC(C)(C)C(N(C(=O)C1(C(N)=O)CC1)C(C(C)(C)C)C1(O)CCC1)C1(O)CCC1. The Labute approximate surface area is 175 Å². The quantitative estimate of drug-likeness (QED) is 0.588. The number of primary amides is 1. The van der Waals surface area contributed by atoms with Gasteiger partial charge in [-0.2, -0.15) is 0 Å². The monoisotopic (exact) mass is 408 g/mol. The Balaban J connectivity index is 2.18. The van der Waals surface area contributed by atoms with Crippen LogP contribution < -0.4 is 5.73 Å². The third kappa shape index (κ3) is 3.60. The number of amides is 2. The maximum absolute atomic E-state index is 14.0. The Morgan fingerprint density at radius 2 is 1.14 bits per heavy atom. The fourth-order valence-electron chi connectivity index (χ4n) is 5.91. The summed E-state index contributed by atoms with van der Waals surface area (Å²) in [6, 6.07) is -0.996. The van der Waals surface area contributed by atoms with Gasteiger partial charge in [0.2, 0.25) is 11.8 Å². The third-order valence-corrected chi connectivity index (χ3v) is 7.52. The first-order valence-electron chi connectivity index (χ1n) is 11.2. The maximum Gasteiger partial charge on any atom is 0.238 e. The highest BCUT2D eigenvalue weighted by molar-refractivity contribution is 6.07. The summed E-state index contributed by atoms with van der Waals surface area (Å²) < 4.78 is 0. The fraction of sp³-hybridized carbons (Fsp3) is 0.913. The highest BCUT2D eigenvalue weighted by Gasteiger charge is 2.65. The molecule has 6 heteroatoms. The van der Waals surface area contributed by atoms with Gasteiger partial charge in [0.05, 0.1) is 23.3 Å². The zero-order chi connectivity index (χ0) is 22.0. The van der Waals surface area contributed by atoms with E-state index in [0.29, 0.717) is 38.5 Å². The summed E-state index contributed by atoms with van der Waals surface area (Å²) >= 11 is 0. The van der Waals surface area contributed by atoms with Crippen molar-refractivity contribution in [3.05, 3.63) is 0 Å². The maximum atomic E-state index is 14.0. The van der Waals surface area contributed by atoms with Crippen molar-refractivity contribution in [2.24, 2.45) is 22.0 Å². The van der Waals surface area contributed by atoms with E-state index in [-0.39, 0.29) is 5.91 Å². The van der Waals surface area contributed by atoms with Crippen LogP contribution in [0.15, 0.2) is 0 Å². The summed E-state index contributed by atoms with van der Waals surface area (Å²) in [6.45, 7) is 12.2. The molecule has 0 aromatic rings. The largest absolute Gasteiger partial charge is 0.388 e. The Morgan fingerprint density at radius 3 is 1.31 bits per heavy atom. The van der Waals surface area contributed by atoms with Crippen molar-refractivity contribution in [2.75, 3.05) is 0 Å². The summed E-state index contributed by atoms with van der Waals surface area (Å²) in [6.07, 6.45) is 5.21. The second-order valence-corrected chi connectivity index (χ2v) is 12.1. The Bertz CT molecular complexity index is 638. The van der Waals surface area contributed by atoms with Crippen molar-refractivity contribution >= 4 is 11.8 Å². The van der Waals surface area contributed by atoms with Crippen molar-refractivity contribution < 1.29 is 19.8 Å². The predicted octanol–water partition coefficient (Wildman–Crippen LogP) is 2.74. The lowest BCUT2D eigenvalue weighted by Gasteiger charge is -2.61. The highest BCUT2D eigenvalue weighted by atomic mass is 16.3. The molecule has 3 fully saturated rings. The first-order valence-corrected chi connectivity index (χ1v) is 11.2. The lowest BCUT2D eigenvalue weighted by atomic mass is 9.61. The lowest BCUT2D eigenvalue weighted by molar-refractivity contribution is -0.209. The second kappa shape index (κ2) is 6.68. The van der Waals surface area contributed by atoms with Crippen LogP contribution in [0.5, 0.6) is 0 Å². The topological polar surface area (TPSA) is 104 Å². The molecule has 166 valence electrons. The lowest BCUT2D eigenvalue weighted by Crippen LogP contribution is -2.73. The molecule has 0 bridgehead atoms. The van der Waals surface area contributed by atoms with Gasteiger partial charge in [-0.1, -0.05) is 41.5 Å². The minimum absolute atomic E-state index is 0.300. The molecule has 2 unspecified atom stereocenters. The molecule has 0 aromatic carbocycles. The van der Waals surface area contributed by atoms with Gasteiger partial charge in [0.1, 0.15) is 5.41 Å². The normalized spacial score (nSPS) is 26.5. The van der Waals surface area contributed by atoms with E-state index >= 15 is 0 Å². The van der Waals surface area contributed by atoms with Crippen LogP contribution in [0.3, 0.4) is 0 Å². The number of carbonyl (C=O) groups excluding carboxylic acids is 2. The smallest absolute Gasteiger partial charge is 0.238 e. The predicted molar refractivity (Wildman–Crippen MR) is 112 cm³/mol. The molecule has 3 aliphatic rings. The molecule has 0 spiro atoms. The Morgan fingerprint density at radius 1 is 0.793 bits per heavy atom. The molecule has 3 saturated carbocycles. The molecule has 0 aromatic heterocycles. The average molecular weight is 409 g/mol. The standard InChI is InChI=1S/C23H40N2O4/c1-19(2,3)15(22(28)9-7-10-22)25(18(27)21(13-14-21)17(24)26)16(20(4,5)6)23(29)11-8-12-23/h15-16,28-29H,7-14H2,1-6H3,(H2,24,26). The minimum atomic E-state index is -1.19. The first-order chi connectivity index (χ1) is 13.1. The second-order valence-electron chi connectivity index (χ2n) is 12.1. The number of aliphatic hydroxyl groups is 2. The number of hydrogen-bond donors (Lipinski definition) is 3. The van der Waals surface area contributed by atoms with Crippen LogP contribution >= 0.6 is 0 Å². The summed E-state index contributed by atoms with van der Waals surface area (Å²) in [5.41, 5.74) is 1.63. The van der Waals surface area contributed by atoms with Crippen LogP contribution in [0.25, 0.3) is 0 Å². The molecule has 0 heterocycles. The molecular weight excluding hydrogens is 368 g/mol. The van der Waals surface area contributed by atoms with Crippen molar-refractivity contribution in [1.82, 2.24) is 4.90 Å². The number of hydrogen-bond acceptors (Lipinski definition) is 4. The van der Waals surface area contributed by atoms with E-state index in [2.05, 4.69) is 0 Å². The molecule has 0 saturated heterocycles. The molecular formula is C23H40N2O4. The summed E-state index contributed by atoms with van der Waals surface area (Å²) in [7, 11) is 0. The number of carbonyl (C=O) groups is 2. The van der Waals surface area contributed by atoms with Crippen molar-refractivity contribution in [2.45, 2.75) is 116 Å². The third-order valence-electron chi connectivity index (χ3n) is 7.52. The Kier molecular flexibility index (Phi) is 5.19. The van der Waals surface area contributed by atoms with Gasteiger partial charge >= 0.3 is 0 Å². The first kappa shape index (κ1) is 22.5. The van der Waals surface area contributed by atoms with Gasteiger partial charge in [0, 0.05) is 0 Å². The van der Waals surface area contributed by atoms with Crippen LogP contribution in [-0.4, -0.2) is 50.2 Å². The van der Waals surface area contributed by atoms with E-state index in [9.17, 15) is 19.8 Å². The number of nitrogens with two attached hydrogens (primary N) is 1. The van der Waals surface area contributed by atoms with Crippen LogP contribution in [-0.2, 0) is 9.59 Å². The zero-order valence-electron chi connectivity index (χ0n) is 19.0. The number of nitrogens with zero attached hydrogens (tertiary/aromatic N) is 1. The van der Waals surface area contributed by atoms with E-state index in [0.717, 1.165) is 12.8 Å². The summed E-state index contributed by atoms with van der Waals surface area (Å²) in [5, 5.41) is 23.1. The van der Waals surface area contributed by atoms with E-state index in [1.54, 1.807) is 4.90 Å². The van der Waals surface area contributed by atoms with E-state index in [4.69, 9.17) is 5.73 Å². The van der Waals surface area contributed by atoms with Crippen LogP contribution in [0.1, 0.15) is 92.9 Å². The zero-order valence-corrected chi connectivity index (χ0v) is 19.0. The van der Waals surface area contributed by atoms with Crippen molar-refractivity contribution in [3.63, 3.8) is 0 Å². The van der Waals surface area contributed by atoms with Gasteiger partial charge in [-0.05, 0) is 62.2 Å². The molecule has 2 amide bonds. The fourth-order valence-corrected chi connectivity index (χ4v) is 5.91. The molecule has 29 heavy (non-hydrogen) atoms. The summed E-state index contributed by atoms with van der Waals surface area (Å²) in [4.78, 5) is 28.1. The van der Waals surface area contributed by atoms with Crippen LogP contribution in [0, 0.1) is 16.2 Å². The average Bonchev–Trinajstić information content (AvgIpc) is 3.29. The van der Waals surface area contributed by atoms with Crippen LogP contribution in [0.2, 0.25) is 0 Å². The molecule has 3 aliphatic carbocycles. The van der Waals surface area contributed by atoms with Gasteiger partial charge in [0.25, 0.3) is 0 Å². The van der Waals surface area contributed by atoms with E-state index in [1.807, 2.05) is 41.5 Å². The van der Waals surface area contributed by atoms with Gasteiger partial charge < -0.3 is 20.8 Å². The molecule has 2 atom stereocenters. The van der Waals surface area contributed by atoms with Gasteiger partial charge in [-0.25, -0.2) is 0 Å². The highest BCUT2D eigenvalue weighted by Crippen LogP contribution is 2.55.